The van der Waals surface area contributed by atoms with Gasteiger partial charge in [0.05, 0.1) is 24.6 Å². The number of methoxy groups -OCH3 is 1. The first-order valence-corrected chi connectivity index (χ1v) is 11.3. The zero-order valence-corrected chi connectivity index (χ0v) is 19.4. The average Bonchev–Trinajstić information content (AvgIpc) is 3.28. The molecule has 184 valence electrons. The molecule has 0 spiro atoms. The number of hydrogen-bond donors (Lipinski definition) is 1. The number of rotatable bonds is 6. The summed E-state index contributed by atoms with van der Waals surface area (Å²) in [6, 6.07) is 9.26. The molecule has 10 heteroatoms. The quantitative estimate of drug-likeness (QED) is 0.380. The second-order valence-electron chi connectivity index (χ2n) is 8.79. The zero-order valence-electron chi connectivity index (χ0n) is 19.4. The Bertz CT molecular complexity index is 1350. The maximum absolute atomic E-state index is 13.0. The molecule has 1 saturated heterocycles. The molecule has 0 radical (unpaired) electrons. The fraction of sp³-hybridized carbons (Fsp3) is 0.360. The van der Waals surface area contributed by atoms with Crippen LogP contribution in [0.2, 0.25) is 0 Å². The third kappa shape index (κ3) is 4.97. The van der Waals surface area contributed by atoms with Crippen LogP contribution < -0.4 is 14.2 Å². The molecule has 35 heavy (non-hydrogen) atoms. The highest BCUT2D eigenvalue weighted by Crippen LogP contribution is 2.37. The molecule has 0 unspecified atom stereocenters. The Labute approximate surface area is 199 Å². The Hall–Kier alpha value is -3.53. The highest BCUT2D eigenvalue weighted by molar-refractivity contribution is 5.87. The van der Waals surface area contributed by atoms with Gasteiger partial charge in [-0.25, -0.2) is 9.97 Å². The van der Waals surface area contributed by atoms with E-state index in [1.165, 1.54) is 12.4 Å². The number of piperidine rings is 1. The highest BCUT2D eigenvalue weighted by Gasteiger charge is 2.32. The van der Waals surface area contributed by atoms with Gasteiger partial charge < -0.3 is 24.1 Å². The lowest BCUT2D eigenvalue weighted by molar-refractivity contribution is -0.140. The topological polar surface area (TPSA) is 72.5 Å². The van der Waals surface area contributed by atoms with Crippen molar-refractivity contribution in [2.75, 3.05) is 33.9 Å². The predicted molar refractivity (Wildman–Crippen MR) is 125 cm³/mol. The van der Waals surface area contributed by atoms with Gasteiger partial charge in [0, 0.05) is 17.0 Å². The third-order valence-corrected chi connectivity index (χ3v) is 6.31. The number of halogens is 3. The summed E-state index contributed by atoms with van der Waals surface area (Å²) in [5, 5.41) is 0.983. The minimum absolute atomic E-state index is 0.265. The van der Waals surface area contributed by atoms with Crippen LogP contribution in [0.15, 0.2) is 42.7 Å². The Morgan fingerprint density at radius 2 is 1.86 bits per heavy atom. The first-order chi connectivity index (χ1) is 16.8. The summed E-state index contributed by atoms with van der Waals surface area (Å²) in [6.07, 6.45) is -0.904. The summed E-state index contributed by atoms with van der Waals surface area (Å²) in [4.78, 5) is 13.3. The molecular weight excluding hydrogens is 461 g/mol. The second kappa shape index (κ2) is 9.26. The monoisotopic (exact) mass is 486 g/mol. The number of ether oxygens (including phenoxy) is 3. The van der Waals surface area contributed by atoms with Crippen molar-refractivity contribution in [3.05, 3.63) is 48.4 Å². The standard InChI is InChI=1S/C25H25F3N4O3/c1-32-7-5-15(6-8-32)13-34-22-12-20-18(11-21(22)33-2)24(30-14-29-20)35-17-3-4-19-16(9-17)10-23(31-19)25(26,27)28/h3-4,9-12,14-15,31H,5-8,13H2,1-2H3. The molecular formula is C25H25F3N4O3. The van der Waals surface area contributed by atoms with Crippen molar-refractivity contribution in [2.45, 2.75) is 19.0 Å². The van der Waals surface area contributed by atoms with Gasteiger partial charge in [0.1, 0.15) is 17.8 Å². The fourth-order valence-electron chi connectivity index (χ4n) is 4.27. The van der Waals surface area contributed by atoms with Crippen LogP contribution >= 0.6 is 0 Å². The molecule has 7 nitrogen and oxygen atoms in total. The number of nitrogens with zero attached hydrogens (tertiary/aromatic N) is 3. The summed E-state index contributed by atoms with van der Waals surface area (Å²) in [6.45, 7) is 2.71. The normalized spacial score (nSPS) is 15.6. The molecule has 2 aromatic heterocycles. The number of fused-ring (bicyclic) bond motifs is 2. The lowest BCUT2D eigenvalue weighted by Crippen LogP contribution is -2.32. The van der Waals surface area contributed by atoms with Crippen LogP contribution in [0.3, 0.4) is 0 Å². The molecule has 1 N–H and O–H groups in total. The molecule has 4 aromatic rings. The average molecular weight is 486 g/mol. The van der Waals surface area contributed by atoms with E-state index >= 15 is 0 Å². The smallest absolute Gasteiger partial charge is 0.431 e. The number of benzene rings is 2. The first-order valence-electron chi connectivity index (χ1n) is 11.3. The molecule has 0 aliphatic carbocycles. The van der Waals surface area contributed by atoms with E-state index in [9.17, 15) is 13.2 Å². The summed E-state index contributed by atoms with van der Waals surface area (Å²) in [5.74, 6) is 2.22. The second-order valence-corrected chi connectivity index (χ2v) is 8.79. The molecule has 3 heterocycles. The predicted octanol–water partition coefficient (Wildman–Crippen LogP) is 5.65. The van der Waals surface area contributed by atoms with Crippen molar-refractivity contribution < 1.29 is 27.4 Å². The van der Waals surface area contributed by atoms with Gasteiger partial charge in [-0.1, -0.05) is 0 Å². The molecule has 5 rings (SSSR count). The van der Waals surface area contributed by atoms with Crippen molar-refractivity contribution in [3.8, 4) is 23.1 Å². The number of nitrogens with one attached hydrogen (secondary N) is 1. The van der Waals surface area contributed by atoms with Gasteiger partial charge in [0.25, 0.3) is 0 Å². The van der Waals surface area contributed by atoms with Gasteiger partial charge >= 0.3 is 6.18 Å². The summed E-state index contributed by atoms with van der Waals surface area (Å²) in [7, 11) is 3.69. The molecule has 0 saturated carbocycles. The van der Waals surface area contributed by atoms with Crippen LogP contribution in [-0.2, 0) is 6.18 Å². The number of aromatic amines is 1. The van der Waals surface area contributed by atoms with Crippen molar-refractivity contribution in [1.82, 2.24) is 19.9 Å². The fourth-order valence-corrected chi connectivity index (χ4v) is 4.27. The Morgan fingerprint density at radius 1 is 1.06 bits per heavy atom. The van der Waals surface area contributed by atoms with E-state index in [-0.39, 0.29) is 5.88 Å². The van der Waals surface area contributed by atoms with Gasteiger partial charge in [-0.2, -0.15) is 13.2 Å². The van der Waals surface area contributed by atoms with Crippen LogP contribution in [0, 0.1) is 5.92 Å². The van der Waals surface area contributed by atoms with Crippen molar-refractivity contribution in [1.29, 1.82) is 0 Å². The number of H-pyrrole nitrogens is 1. The largest absolute Gasteiger partial charge is 0.493 e. The lowest BCUT2D eigenvalue weighted by Gasteiger charge is -2.28. The molecule has 1 aliphatic heterocycles. The van der Waals surface area contributed by atoms with Crippen LogP contribution in [0.4, 0.5) is 13.2 Å². The molecule has 2 aromatic carbocycles. The molecule has 0 bridgehead atoms. The highest BCUT2D eigenvalue weighted by atomic mass is 19.4. The maximum Gasteiger partial charge on any atom is 0.431 e. The van der Waals surface area contributed by atoms with E-state index in [1.807, 2.05) is 0 Å². The van der Waals surface area contributed by atoms with Crippen molar-refractivity contribution >= 4 is 21.8 Å². The Balaban J connectivity index is 1.40. The molecule has 0 atom stereocenters. The third-order valence-electron chi connectivity index (χ3n) is 6.31. The van der Waals surface area contributed by atoms with E-state index in [2.05, 4.69) is 26.9 Å². The van der Waals surface area contributed by atoms with Crippen LogP contribution in [0.1, 0.15) is 18.5 Å². The van der Waals surface area contributed by atoms with E-state index < -0.39 is 11.9 Å². The first kappa shape index (κ1) is 23.2. The van der Waals surface area contributed by atoms with E-state index in [0.717, 1.165) is 32.0 Å². The lowest BCUT2D eigenvalue weighted by atomic mass is 9.98. The van der Waals surface area contributed by atoms with E-state index in [4.69, 9.17) is 14.2 Å². The van der Waals surface area contributed by atoms with Gasteiger partial charge in [-0.15, -0.1) is 0 Å². The van der Waals surface area contributed by atoms with Gasteiger partial charge in [-0.3, -0.25) is 0 Å². The zero-order chi connectivity index (χ0) is 24.6. The number of hydrogen-bond acceptors (Lipinski definition) is 6. The van der Waals surface area contributed by atoms with Crippen molar-refractivity contribution in [3.63, 3.8) is 0 Å². The van der Waals surface area contributed by atoms with Gasteiger partial charge in [0.2, 0.25) is 5.88 Å². The number of alkyl halides is 3. The van der Waals surface area contributed by atoms with Crippen LogP contribution in [0.25, 0.3) is 21.8 Å². The summed E-state index contributed by atoms with van der Waals surface area (Å²) < 4.78 is 56.7. The SMILES string of the molecule is COc1cc2c(Oc3ccc4[nH]c(C(F)(F)F)cc4c3)ncnc2cc1OCC1CCN(C)CC1. The van der Waals surface area contributed by atoms with Crippen LogP contribution in [-0.4, -0.2) is 53.7 Å². The summed E-state index contributed by atoms with van der Waals surface area (Å²) >= 11 is 0. The van der Waals surface area contributed by atoms with E-state index in [0.29, 0.717) is 51.6 Å². The van der Waals surface area contributed by atoms with Crippen LogP contribution in [0.5, 0.6) is 23.1 Å². The van der Waals surface area contributed by atoms with E-state index in [1.54, 1.807) is 31.4 Å². The van der Waals surface area contributed by atoms with Gasteiger partial charge in [0.15, 0.2) is 11.5 Å². The Morgan fingerprint density at radius 3 is 2.60 bits per heavy atom. The minimum Gasteiger partial charge on any atom is -0.493 e. The maximum atomic E-state index is 13.0. The number of aromatic nitrogens is 3. The minimum atomic E-state index is -4.45. The number of likely N-dealkylation sites (tertiary alicyclic amines) is 1. The van der Waals surface area contributed by atoms with Crippen molar-refractivity contribution in [2.24, 2.45) is 5.92 Å². The summed E-state index contributed by atoms with van der Waals surface area (Å²) in [5.41, 5.74) is 0.163. The molecule has 0 amide bonds. The molecule has 1 aliphatic rings. The Kier molecular flexibility index (Phi) is 6.14. The molecule has 1 fully saturated rings. The van der Waals surface area contributed by atoms with Gasteiger partial charge in [-0.05, 0) is 69.2 Å².